The van der Waals surface area contributed by atoms with Crippen LogP contribution in [0.25, 0.3) is 5.82 Å². The molecular formula is C16H18N4O. The third kappa shape index (κ3) is 3.18. The Morgan fingerprint density at radius 2 is 2.33 bits per heavy atom. The average Bonchev–Trinajstić information content (AvgIpc) is 3.08. The molecule has 1 N–H and O–H groups in total. The number of amides is 1. The number of nitrogens with one attached hydrogen (secondary N) is 1. The van der Waals surface area contributed by atoms with Gasteiger partial charge in [-0.15, -0.1) is 0 Å². The van der Waals surface area contributed by atoms with Gasteiger partial charge < -0.3 is 5.32 Å². The molecule has 2 heterocycles. The van der Waals surface area contributed by atoms with E-state index in [4.69, 9.17) is 0 Å². The molecule has 0 saturated heterocycles. The summed E-state index contributed by atoms with van der Waals surface area (Å²) >= 11 is 0. The normalized spacial score (nSPS) is 17.6. The maximum atomic E-state index is 12.2. The summed E-state index contributed by atoms with van der Waals surface area (Å²) in [6, 6.07) is 3.86. The largest absolute Gasteiger partial charge is 0.352 e. The van der Waals surface area contributed by atoms with Gasteiger partial charge in [0, 0.05) is 36.6 Å². The van der Waals surface area contributed by atoms with Crippen LogP contribution in [0.5, 0.6) is 0 Å². The summed E-state index contributed by atoms with van der Waals surface area (Å²) in [5, 5.41) is 3.02. The minimum absolute atomic E-state index is 0.100. The fraction of sp³-hybridized carbons (Fsp3) is 0.312. The summed E-state index contributed by atoms with van der Waals surface area (Å²) in [7, 11) is 0. The lowest BCUT2D eigenvalue weighted by Crippen LogP contribution is -2.31. The van der Waals surface area contributed by atoms with E-state index in [0.717, 1.165) is 30.6 Å². The van der Waals surface area contributed by atoms with Crippen molar-refractivity contribution in [2.24, 2.45) is 5.92 Å². The Morgan fingerprint density at radius 1 is 1.38 bits per heavy atom. The van der Waals surface area contributed by atoms with Crippen LogP contribution < -0.4 is 5.32 Å². The Balaban J connectivity index is 1.68. The Morgan fingerprint density at radius 3 is 3.10 bits per heavy atom. The number of pyridine rings is 1. The van der Waals surface area contributed by atoms with E-state index in [0.29, 0.717) is 6.54 Å². The molecule has 108 valence electrons. The molecule has 0 aromatic carbocycles. The smallest absolute Gasteiger partial charge is 0.223 e. The number of carbonyl (C=O) groups excluding carboxylic acids is 1. The SMILES string of the molecule is O=C(NCc1cccnc1-n1ccnc1)[C@H]1CC=CCC1. The van der Waals surface area contributed by atoms with Crippen LogP contribution in [0.3, 0.4) is 0 Å². The van der Waals surface area contributed by atoms with Crippen LogP contribution in [-0.4, -0.2) is 20.4 Å². The van der Waals surface area contributed by atoms with Gasteiger partial charge in [-0.05, 0) is 25.3 Å². The quantitative estimate of drug-likeness (QED) is 0.875. The molecule has 5 nitrogen and oxygen atoms in total. The summed E-state index contributed by atoms with van der Waals surface area (Å²) in [5.41, 5.74) is 0.982. The molecule has 1 amide bonds. The van der Waals surface area contributed by atoms with E-state index in [-0.39, 0.29) is 11.8 Å². The van der Waals surface area contributed by atoms with Crippen molar-refractivity contribution < 1.29 is 4.79 Å². The van der Waals surface area contributed by atoms with Crippen molar-refractivity contribution in [3.05, 3.63) is 54.8 Å². The van der Waals surface area contributed by atoms with Gasteiger partial charge >= 0.3 is 0 Å². The summed E-state index contributed by atoms with van der Waals surface area (Å²) in [6.45, 7) is 0.487. The average molecular weight is 282 g/mol. The highest BCUT2D eigenvalue weighted by atomic mass is 16.1. The Bertz CT molecular complexity index is 633. The first-order chi connectivity index (χ1) is 10.3. The third-order valence-corrected chi connectivity index (χ3v) is 3.71. The van der Waals surface area contributed by atoms with Gasteiger partial charge in [0.15, 0.2) is 0 Å². The lowest BCUT2D eigenvalue weighted by Gasteiger charge is -2.17. The maximum Gasteiger partial charge on any atom is 0.223 e. The number of hydrogen-bond donors (Lipinski definition) is 1. The molecular weight excluding hydrogens is 264 g/mol. The van der Waals surface area contributed by atoms with E-state index >= 15 is 0 Å². The molecule has 1 atom stereocenters. The minimum atomic E-state index is 0.100. The van der Waals surface area contributed by atoms with Crippen molar-refractivity contribution in [2.45, 2.75) is 25.8 Å². The van der Waals surface area contributed by atoms with Crippen LogP contribution in [0.1, 0.15) is 24.8 Å². The van der Waals surface area contributed by atoms with Gasteiger partial charge in [0.1, 0.15) is 12.1 Å². The predicted octanol–water partition coefficient (Wildman–Crippen LogP) is 2.24. The second kappa shape index (κ2) is 6.35. The molecule has 2 aromatic rings. The first-order valence-corrected chi connectivity index (χ1v) is 7.19. The molecule has 0 unspecified atom stereocenters. The molecule has 21 heavy (non-hydrogen) atoms. The second-order valence-corrected chi connectivity index (χ2v) is 5.16. The van der Waals surface area contributed by atoms with Gasteiger partial charge in [-0.2, -0.15) is 0 Å². The van der Waals surface area contributed by atoms with Crippen molar-refractivity contribution in [3.63, 3.8) is 0 Å². The van der Waals surface area contributed by atoms with Crippen molar-refractivity contribution in [1.29, 1.82) is 0 Å². The third-order valence-electron chi connectivity index (χ3n) is 3.71. The van der Waals surface area contributed by atoms with E-state index in [1.165, 1.54) is 0 Å². The van der Waals surface area contributed by atoms with Gasteiger partial charge in [0.2, 0.25) is 5.91 Å². The molecule has 0 aliphatic heterocycles. The zero-order chi connectivity index (χ0) is 14.5. The molecule has 0 spiro atoms. The van der Waals surface area contributed by atoms with Crippen LogP contribution in [0.4, 0.5) is 0 Å². The number of rotatable bonds is 4. The van der Waals surface area contributed by atoms with Crippen molar-refractivity contribution in [1.82, 2.24) is 19.9 Å². The predicted molar refractivity (Wildman–Crippen MR) is 79.7 cm³/mol. The van der Waals surface area contributed by atoms with Crippen molar-refractivity contribution in [2.75, 3.05) is 0 Å². The number of nitrogens with zero attached hydrogens (tertiary/aromatic N) is 3. The number of imidazole rings is 1. The van der Waals surface area contributed by atoms with Crippen LogP contribution in [0.2, 0.25) is 0 Å². The number of hydrogen-bond acceptors (Lipinski definition) is 3. The lowest BCUT2D eigenvalue weighted by atomic mass is 9.93. The van der Waals surface area contributed by atoms with Crippen LogP contribution >= 0.6 is 0 Å². The monoisotopic (exact) mass is 282 g/mol. The summed E-state index contributed by atoms with van der Waals surface area (Å²) in [6.07, 6.45) is 14.0. The number of aromatic nitrogens is 3. The zero-order valence-corrected chi connectivity index (χ0v) is 11.8. The van der Waals surface area contributed by atoms with Gasteiger partial charge in [-0.1, -0.05) is 18.2 Å². The molecule has 2 aromatic heterocycles. The minimum Gasteiger partial charge on any atom is -0.352 e. The van der Waals surface area contributed by atoms with Gasteiger partial charge in [-0.3, -0.25) is 9.36 Å². The lowest BCUT2D eigenvalue weighted by molar-refractivity contribution is -0.125. The van der Waals surface area contributed by atoms with Gasteiger partial charge in [0.25, 0.3) is 0 Å². The summed E-state index contributed by atoms with van der Waals surface area (Å²) in [4.78, 5) is 20.6. The highest BCUT2D eigenvalue weighted by molar-refractivity contribution is 5.79. The topological polar surface area (TPSA) is 59.8 Å². The highest BCUT2D eigenvalue weighted by Crippen LogP contribution is 2.18. The van der Waals surface area contributed by atoms with Crippen molar-refractivity contribution >= 4 is 5.91 Å². The van der Waals surface area contributed by atoms with Crippen molar-refractivity contribution in [3.8, 4) is 5.82 Å². The van der Waals surface area contributed by atoms with E-state index < -0.39 is 0 Å². The number of carbonyl (C=O) groups is 1. The van der Waals surface area contributed by atoms with Crippen LogP contribution in [0, 0.1) is 5.92 Å². The summed E-state index contributed by atoms with van der Waals surface area (Å²) in [5.74, 6) is 1.03. The molecule has 0 bridgehead atoms. The van der Waals surface area contributed by atoms with Gasteiger partial charge in [-0.25, -0.2) is 9.97 Å². The number of allylic oxidation sites excluding steroid dienone is 2. The van der Waals surface area contributed by atoms with Crippen LogP contribution in [-0.2, 0) is 11.3 Å². The van der Waals surface area contributed by atoms with E-state index in [9.17, 15) is 4.79 Å². The summed E-state index contributed by atoms with van der Waals surface area (Å²) < 4.78 is 1.85. The van der Waals surface area contributed by atoms with E-state index in [1.54, 1.807) is 18.7 Å². The maximum absolute atomic E-state index is 12.2. The molecule has 0 radical (unpaired) electrons. The van der Waals surface area contributed by atoms with Gasteiger partial charge in [0.05, 0.1) is 0 Å². The molecule has 0 fully saturated rings. The van der Waals surface area contributed by atoms with Crippen LogP contribution in [0.15, 0.2) is 49.2 Å². The van der Waals surface area contributed by atoms with E-state index in [2.05, 4.69) is 27.4 Å². The standard InChI is InChI=1S/C16H18N4O/c21-16(13-5-2-1-3-6-13)19-11-14-7-4-8-18-15(14)20-10-9-17-12-20/h1-2,4,7-10,12-13H,3,5-6,11H2,(H,19,21)/t13-/m0/s1. The fourth-order valence-electron chi connectivity index (χ4n) is 2.54. The fourth-order valence-corrected chi connectivity index (χ4v) is 2.54. The first kappa shape index (κ1) is 13.5. The Kier molecular flexibility index (Phi) is 4.09. The Labute approximate surface area is 123 Å². The first-order valence-electron chi connectivity index (χ1n) is 7.19. The zero-order valence-electron chi connectivity index (χ0n) is 11.8. The van der Waals surface area contributed by atoms with E-state index in [1.807, 2.05) is 22.9 Å². The second-order valence-electron chi connectivity index (χ2n) is 5.16. The molecule has 5 heteroatoms. The highest BCUT2D eigenvalue weighted by Gasteiger charge is 2.18. The Hall–Kier alpha value is -2.43. The molecule has 1 aliphatic rings. The molecule has 3 rings (SSSR count). The molecule has 0 saturated carbocycles. The molecule has 1 aliphatic carbocycles.